The van der Waals surface area contributed by atoms with Crippen LogP contribution >= 0.6 is 11.3 Å². The number of anilines is 1. The van der Waals surface area contributed by atoms with Crippen LogP contribution in [0.4, 0.5) is 5.69 Å². The number of rotatable bonds is 6. The molecule has 1 rings (SSSR count). The molecule has 0 radical (unpaired) electrons. The van der Waals surface area contributed by atoms with E-state index in [-0.39, 0.29) is 12.5 Å². The minimum Gasteiger partial charge on any atom is -0.465 e. The molecule has 1 aromatic rings. The van der Waals surface area contributed by atoms with Crippen molar-refractivity contribution in [1.82, 2.24) is 0 Å². The summed E-state index contributed by atoms with van der Waals surface area (Å²) in [6.07, 6.45) is 1.31. The summed E-state index contributed by atoms with van der Waals surface area (Å²) in [5.74, 6) is -0.597. The van der Waals surface area contributed by atoms with Crippen LogP contribution in [0, 0.1) is 5.41 Å². The number of thiophene rings is 1. The van der Waals surface area contributed by atoms with E-state index >= 15 is 0 Å². The van der Waals surface area contributed by atoms with Crippen molar-refractivity contribution in [3.63, 3.8) is 0 Å². The molecular formula is C13H20N2O3S. The highest BCUT2D eigenvalue weighted by Crippen LogP contribution is 2.29. The average Bonchev–Trinajstić information content (AvgIpc) is 2.88. The molecule has 0 fully saturated rings. The van der Waals surface area contributed by atoms with Crippen LogP contribution in [0.5, 0.6) is 0 Å². The summed E-state index contributed by atoms with van der Waals surface area (Å²) >= 11 is 1.24. The summed E-state index contributed by atoms with van der Waals surface area (Å²) in [6, 6.07) is 1.70. The Morgan fingerprint density at radius 1 is 1.42 bits per heavy atom. The van der Waals surface area contributed by atoms with Gasteiger partial charge in [0.05, 0.1) is 18.2 Å². The van der Waals surface area contributed by atoms with Crippen LogP contribution in [-0.2, 0) is 9.53 Å². The predicted octanol–water partition coefficient (Wildman–Crippen LogP) is 2.24. The number of carbonyl (C=O) groups is 2. The van der Waals surface area contributed by atoms with E-state index in [2.05, 4.69) is 10.1 Å². The molecule has 0 bridgehead atoms. The number of hydrogen-bond donors (Lipinski definition) is 2. The predicted molar refractivity (Wildman–Crippen MR) is 76.4 cm³/mol. The summed E-state index contributed by atoms with van der Waals surface area (Å²) in [4.78, 5) is 24.3. The van der Waals surface area contributed by atoms with Gasteiger partial charge in [-0.3, -0.25) is 4.79 Å². The Balaban J connectivity index is 2.94. The molecular weight excluding hydrogens is 264 g/mol. The van der Waals surface area contributed by atoms with E-state index in [4.69, 9.17) is 5.73 Å². The quantitative estimate of drug-likeness (QED) is 0.785. The second-order valence-electron chi connectivity index (χ2n) is 4.30. The topological polar surface area (TPSA) is 81.4 Å². The maximum absolute atomic E-state index is 12.4. The molecule has 0 atom stereocenters. The van der Waals surface area contributed by atoms with Gasteiger partial charge >= 0.3 is 5.97 Å². The number of nitrogens with one attached hydrogen (secondary N) is 1. The zero-order chi connectivity index (χ0) is 14.5. The molecule has 0 spiro atoms. The van der Waals surface area contributed by atoms with Gasteiger partial charge in [-0.05, 0) is 24.3 Å². The van der Waals surface area contributed by atoms with Crippen molar-refractivity contribution in [2.45, 2.75) is 26.7 Å². The number of nitrogens with two attached hydrogens (primary N) is 1. The van der Waals surface area contributed by atoms with E-state index in [1.165, 1.54) is 18.4 Å². The van der Waals surface area contributed by atoms with E-state index in [1.807, 2.05) is 13.8 Å². The van der Waals surface area contributed by atoms with Crippen LogP contribution in [0.25, 0.3) is 0 Å². The molecule has 1 heterocycles. The summed E-state index contributed by atoms with van der Waals surface area (Å²) in [6.45, 7) is 4.15. The zero-order valence-corrected chi connectivity index (χ0v) is 12.3. The lowest BCUT2D eigenvalue weighted by Crippen LogP contribution is -2.41. The number of carbonyl (C=O) groups excluding carboxylic acids is 2. The third kappa shape index (κ3) is 3.13. The Morgan fingerprint density at radius 2 is 2.05 bits per heavy atom. The maximum atomic E-state index is 12.4. The monoisotopic (exact) mass is 284 g/mol. The second-order valence-corrected chi connectivity index (χ2v) is 5.22. The van der Waals surface area contributed by atoms with Gasteiger partial charge < -0.3 is 15.8 Å². The van der Waals surface area contributed by atoms with Crippen LogP contribution in [0.3, 0.4) is 0 Å². The zero-order valence-electron chi connectivity index (χ0n) is 11.5. The Morgan fingerprint density at radius 3 is 2.53 bits per heavy atom. The van der Waals surface area contributed by atoms with E-state index < -0.39 is 11.4 Å². The number of ether oxygens (including phenoxy) is 1. The largest absolute Gasteiger partial charge is 0.465 e. The summed E-state index contributed by atoms with van der Waals surface area (Å²) in [5.41, 5.74) is 5.63. The van der Waals surface area contributed by atoms with Gasteiger partial charge in [0, 0.05) is 6.54 Å². The van der Waals surface area contributed by atoms with Gasteiger partial charge in [0.2, 0.25) is 5.91 Å². The molecule has 0 aliphatic carbocycles. The molecule has 6 heteroatoms. The smallest absolute Gasteiger partial charge is 0.350 e. The first kappa shape index (κ1) is 15.7. The second kappa shape index (κ2) is 6.68. The highest BCUT2D eigenvalue weighted by atomic mass is 32.1. The Labute approximate surface area is 117 Å². The maximum Gasteiger partial charge on any atom is 0.350 e. The number of amides is 1. The molecule has 0 aliphatic heterocycles. The lowest BCUT2D eigenvalue weighted by Gasteiger charge is -2.28. The average molecular weight is 284 g/mol. The highest BCUT2D eigenvalue weighted by molar-refractivity contribution is 7.12. The normalized spacial score (nSPS) is 11.2. The van der Waals surface area contributed by atoms with Crippen molar-refractivity contribution in [2.24, 2.45) is 11.1 Å². The molecule has 0 saturated heterocycles. The third-order valence-electron chi connectivity index (χ3n) is 3.51. The Kier molecular flexibility index (Phi) is 5.50. The minimum absolute atomic E-state index is 0.149. The van der Waals surface area contributed by atoms with Gasteiger partial charge in [0.25, 0.3) is 0 Å². The molecule has 106 valence electrons. The van der Waals surface area contributed by atoms with Gasteiger partial charge in [0.1, 0.15) is 4.88 Å². The Hall–Kier alpha value is -1.40. The first-order chi connectivity index (χ1) is 9.04. The summed E-state index contributed by atoms with van der Waals surface area (Å²) in [5, 5.41) is 4.53. The molecule has 0 aliphatic rings. The Bertz CT molecular complexity index is 444. The number of methoxy groups -OCH3 is 1. The third-order valence-corrected chi connectivity index (χ3v) is 4.40. The van der Waals surface area contributed by atoms with Gasteiger partial charge in [-0.25, -0.2) is 4.79 Å². The van der Waals surface area contributed by atoms with Gasteiger partial charge in [0.15, 0.2) is 0 Å². The molecule has 1 amide bonds. The van der Waals surface area contributed by atoms with E-state index in [0.717, 1.165) is 0 Å². The molecule has 5 nitrogen and oxygen atoms in total. The van der Waals surface area contributed by atoms with Crippen molar-refractivity contribution in [3.8, 4) is 0 Å². The van der Waals surface area contributed by atoms with Gasteiger partial charge in [-0.2, -0.15) is 0 Å². The van der Waals surface area contributed by atoms with Crippen molar-refractivity contribution in [3.05, 3.63) is 16.3 Å². The van der Waals surface area contributed by atoms with Crippen LogP contribution < -0.4 is 11.1 Å². The van der Waals surface area contributed by atoms with E-state index in [9.17, 15) is 9.59 Å². The van der Waals surface area contributed by atoms with E-state index in [0.29, 0.717) is 23.4 Å². The SMILES string of the molecule is CCC(CC)(CN)C(=O)Nc1ccsc1C(=O)OC. The molecule has 0 saturated carbocycles. The first-order valence-corrected chi connectivity index (χ1v) is 7.10. The van der Waals surface area contributed by atoms with Crippen molar-refractivity contribution < 1.29 is 14.3 Å². The number of esters is 1. The number of hydrogen-bond acceptors (Lipinski definition) is 5. The lowest BCUT2D eigenvalue weighted by molar-refractivity contribution is -0.125. The van der Waals surface area contributed by atoms with Crippen LogP contribution in [-0.4, -0.2) is 25.5 Å². The minimum atomic E-state index is -0.588. The molecule has 3 N–H and O–H groups in total. The van der Waals surface area contributed by atoms with Gasteiger partial charge in [-0.15, -0.1) is 11.3 Å². The van der Waals surface area contributed by atoms with Crippen LogP contribution in [0.2, 0.25) is 0 Å². The van der Waals surface area contributed by atoms with Crippen LogP contribution in [0.1, 0.15) is 36.4 Å². The van der Waals surface area contributed by atoms with Gasteiger partial charge in [-0.1, -0.05) is 13.8 Å². The summed E-state index contributed by atoms with van der Waals surface area (Å²) < 4.78 is 4.68. The molecule has 0 aromatic carbocycles. The molecule has 1 aromatic heterocycles. The van der Waals surface area contributed by atoms with Crippen molar-refractivity contribution in [2.75, 3.05) is 19.0 Å². The van der Waals surface area contributed by atoms with Crippen molar-refractivity contribution in [1.29, 1.82) is 0 Å². The summed E-state index contributed by atoms with van der Waals surface area (Å²) in [7, 11) is 1.32. The van der Waals surface area contributed by atoms with Crippen LogP contribution in [0.15, 0.2) is 11.4 Å². The molecule has 19 heavy (non-hydrogen) atoms. The highest BCUT2D eigenvalue weighted by Gasteiger charge is 2.34. The standard InChI is InChI=1S/C13H20N2O3S/c1-4-13(5-2,8-14)12(17)15-9-6-7-19-10(9)11(16)18-3/h6-7H,4-5,8,14H2,1-3H3,(H,15,17). The fourth-order valence-corrected chi connectivity index (χ4v) is 2.63. The van der Waals surface area contributed by atoms with E-state index in [1.54, 1.807) is 11.4 Å². The fourth-order valence-electron chi connectivity index (χ4n) is 1.87. The molecule has 0 unspecified atom stereocenters. The first-order valence-electron chi connectivity index (χ1n) is 6.22. The van der Waals surface area contributed by atoms with Crippen molar-refractivity contribution >= 4 is 28.9 Å². The fraction of sp³-hybridized carbons (Fsp3) is 0.538. The lowest BCUT2D eigenvalue weighted by atomic mass is 9.81.